The minimum atomic E-state index is -1.19. The molecule has 3 fully saturated rings. The van der Waals surface area contributed by atoms with Crippen LogP contribution in [0.25, 0.3) is 0 Å². The summed E-state index contributed by atoms with van der Waals surface area (Å²) in [4.78, 5) is 25.3. The summed E-state index contributed by atoms with van der Waals surface area (Å²) in [6.07, 6.45) is 9.82. The molecule has 3 aliphatic heterocycles. The predicted octanol–water partition coefficient (Wildman–Crippen LogP) is 5.78. The number of nitrogens with zero attached hydrogens (tertiary/aromatic N) is 5. The monoisotopic (exact) mass is 638 g/mol. The molecular formula is C33H40ClFN6O2S. The normalized spacial score (nSPS) is 20.5. The Hall–Kier alpha value is -2.92. The number of anilines is 2. The smallest absolute Gasteiger partial charge is 0.222 e. The average molecular weight is 639 g/mol. The SMILES string of the molecule is O=Cc1ccc(C2CCN(CC3CCN(c4cccc(S(=O)N5CCC(Nc6ncc(Cl)cn6)CC5)c4)CC3)CC2)cc1F. The van der Waals surface area contributed by atoms with Crippen molar-refractivity contribution in [3.8, 4) is 0 Å². The Kier molecular flexibility index (Phi) is 10.2. The third kappa shape index (κ3) is 7.65. The molecule has 0 saturated carbocycles. The molecule has 0 spiro atoms. The van der Waals surface area contributed by atoms with Crippen LogP contribution in [0.3, 0.4) is 0 Å². The van der Waals surface area contributed by atoms with E-state index in [1.165, 1.54) is 0 Å². The summed E-state index contributed by atoms with van der Waals surface area (Å²) in [6.45, 7) is 6.66. The van der Waals surface area contributed by atoms with E-state index in [0.717, 1.165) is 100 Å². The number of piperidine rings is 3. The molecule has 0 amide bonds. The summed E-state index contributed by atoms with van der Waals surface area (Å²) < 4.78 is 29.7. The van der Waals surface area contributed by atoms with Crippen molar-refractivity contribution in [1.29, 1.82) is 0 Å². The van der Waals surface area contributed by atoms with E-state index < -0.39 is 16.8 Å². The van der Waals surface area contributed by atoms with Crippen LogP contribution in [0.15, 0.2) is 59.8 Å². The van der Waals surface area contributed by atoms with Crippen LogP contribution >= 0.6 is 11.6 Å². The molecule has 3 aromatic rings. The number of rotatable bonds is 9. The third-order valence-corrected chi connectivity index (χ3v) is 11.1. The maximum atomic E-state index is 14.1. The minimum absolute atomic E-state index is 0.133. The molecule has 0 bridgehead atoms. The number of likely N-dealkylation sites (tertiary alicyclic amines) is 1. The standard InChI is InChI=1S/C33H40ClFN6O2S/c34-28-20-36-33(37-21-28)38-29-10-16-41(17-11-29)44(43)31-3-1-2-30(19-31)40-14-6-24(7-15-40)22-39-12-8-25(9-13-39)26-4-5-27(23-42)32(35)18-26/h1-5,18-21,23-25,29H,6-17,22H2,(H,36,37,38). The predicted molar refractivity (Wildman–Crippen MR) is 173 cm³/mol. The van der Waals surface area contributed by atoms with E-state index in [4.69, 9.17) is 11.6 Å². The van der Waals surface area contributed by atoms with Crippen LogP contribution in [0, 0.1) is 11.7 Å². The first-order valence-electron chi connectivity index (χ1n) is 15.7. The highest BCUT2D eigenvalue weighted by Gasteiger charge is 2.27. The Morgan fingerprint density at radius 2 is 1.66 bits per heavy atom. The van der Waals surface area contributed by atoms with Crippen molar-refractivity contribution in [3.05, 3.63) is 76.8 Å². The van der Waals surface area contributed by atoms with Crippen LogP contribution in [-0.4, -0.2) is 81.5 Å². The fourth-order valence-corrected chi connectivity index (χ4v) is 8.11. The van der Waals surface area contributed by atoms with Gasteiger partial charge in [0.2, 0.25) is 5.95 Å². The highest BCUT2D eigenvalue weighted by molar-refractivity contribution is 7.82. The molecule has 8 nitrogen and oxygen atoms in total. The second-order valence-corrected chi connectivity index (χ2v) is 14.1. The van der Waals surface area contributed by atoms with E-state index >= 15 is 0 Å². The summed E-state index contributed by atoms with van der Waals surface area (Å²) in [5.74, 6) is 1.18. The van der Waals surface area contributed by atoms with E-state index in [-0.39, 0.29) is 11.6 Å². The van der Waals surface area contributed by atoms with Crippen LogP contribution in [0.1, 0.15) is 60.4 Å². The zero-order chi connectivity index (χ0) is 30.5. The first kappa shape index (κ1) is 31.1. The van der Waals surface area contributed by atoms with Crippen molar-refractivity contribution in [2.45, 2.75) is 55.4 Å². The van der Waals surface area contributed by atoms with Gasteiger partial charge < -0.3 is 15.1 Å². The molecule has 44 heavy (non-hydrogen) atoms. The summed E-state index contributed by atoms with van der Waals surface area (Å²) in [5, 5.41) is 3.88. The van der Waals surface area contributed by atoms with Crippen molar-refractivity contribution in [3.63, 3.8) is 0 Å². The van der Waals surface area contributed by atoms with Gasteiger partial charge in [-0.25, -0.2) is 22.9 Å². The molecule has 6 rings (SSSR count). The third-order valence-electron chi connectivity index (χ3n) is 9.37. The lowest BCUT2D eigenvalue weighted by molar-refractivity contribution is 0.111. The zero-order valence-corrected chi connectivity index (χ0v) is 26.5. The molecule has 3 aliphatic rings. The number of nitrogens with one attached hydrogen (secondary N) is 1. The van der Waals surface area contributed by atoms with Crippen molar-refractivity contribution >= 4 is 40.5 Å². The van der Waals surface area contributed by atoms with Gasteiger partial charge in [0.25, 0.3) is 0 Å². The fourth-order valence-electron chi connectivity index (χ4n) is 6.75. The van der Waals surface area contributed by atoms with Crippen molar-refractivity contribution in [2.75, 3.05) is 56.0 Å². The van der Waals surface area contributed by atoms with Crippen LogP contribution in [0.5, 0.6) is 0 Å². The molecule has 234 valence electrons. The van der Waals surface area contributed by atoms with Gasteiger partial charge in [-0.15, -0.1) is 0 Å². The van der Waals surface area contributed by atoms with Gasteiger partial charge in [0.05, 0.1) is 27.9 Å². The minimum Gasteiger partial charge on any atom is -0.371 e. The molecular weight excluding hydrogens is 599 g/mol. The Morgan fingerprint density at radius 3 is 2.34 bits per heavy atom. The number of aromatic nitrogens is 2. The quantitative estimate of drug-likeness (QED) is 0.298. The highest BCUT2D eigenvalue weighted by Crippen LogP contribution is 2.31. The number of aldehydes is 1. The van der Waals surface area contributed by atoms with E-state index in [1.54, 1.807) is 24.5 Å². The molecule has 1 N–H and O–H groups in total. The lowest BCUT2D eigenvalue weighted by Crippen LogP contribution is -2.41. The van der Waals surface area contributed by atoms with Crippen molar-refractivity contribution < 1.29 is 13.4 Å². The number of hydrogen-bond acceptors (Lipinski definition) is 7. The van der Waals surface area contributed by atoms with Gasteiger partial charge >= 0.3 is 0 Å². The van der Waals surface area contributed by atoms with Gasteiger partial charge in [-0.2, -0.15) is 0 Å². The molecule has 3 saturated heterocycles. The van der Waals surface area contributed by atoms with Crippen LogP contribution in [-0.2, 0) is 11.0 Å². The Morgan fingerprint density at radius 1 is 0.932 bits per heavy atom. The Bertz CT molecular complexity index is 1440. The Balaban J connectivity index is 0.944. The molecule has 2 aromatic carbocycles. The van der Waals surface area contributed by atoms with Crippen LogP contribution in [0.2, 0.25) is 5.02 Å². The number of hydrogen-bond donors (Lipinski definition) is 1. The van der Waals surface area contributed by atoms with Gasteiger partial charge in [0.15, 0.2) is 6.29 Å². The molecule has 1 aromatic heterocycles. The van der Waals surface area contributed by atoms with Gasteiger partial charge in [-0.3, -0.25) is 4.79 Å². The number of carbonyl (C=O) groups excluding carboxylic acids is 1. The van der Waals surface area contributed by atoms with E-state index in [0.29, 0.717) is 29.1 Å². The van der Waals surface area contributed by atoms with Crippen LogP contribution in [0.4, 0.5) is 16.0 Å². The molecule has 11 heteroatoms. The fraction of sp³-hybridized carbons (Fsp3) is 0.485. The highest BCUT2D eigenvalue weighted by atomic mass is 35.5. The molecule has 4 heterocycles. The lowest BCUT2D eigenvalue weighted by atomic mass is 9.88. The second-order valence-electron chi connectivity index (χ2n) is 12.2. The summed E-state index contributed by atoms with van der Waals surface area (Å²) in [7, 11) is -1.19. The number of halogens is 2. The van der Waals surface area contributed by atoms with Gasteiger partial charge in [-0.05, 0) is 99.3 Å². The molecule has 0 radical (unpaired) electrons. The maximum Gasteiger partial charge on any atom is 0.222 e. The zero-order valence-electron chi connectivity index (χ0n) is 24.9. The number of carbonyl (C=O) groups is 1. The summed E-state index contributed by atoms with van der Waals surface area (Å²) in [5.41, 5.74) is 2.29. The second kappa shape index (κ2) is 14.5. The molecule has 1 atom stereocenters. The molecule has 0 aliphatic carbocycles. The van der Waals surface area contributed by atoms with Gasteiger partial charge in [-0.1, -0.05) is 23.7 Å². The number of benzene rings is 2. The average Bonchev–Trinajstić information content (AvgIpc) is 3.06. The van der Waals surface area contributed by atoms with Crippen LogP contribution < -0.4 is 10.2 Å². The van der Waals surface area contributed by atoms with E-state index in [1.807, 2.05) is 18.2 Å². The summed E-state index contributed by atoms with van der Waals surface area (Å²) in [6, 6.07) is 13.6. The first-order valence-corrected chi connectivity index (χ1v) is 17.2. The topological polar surface area (TPSA) is 81.7 Å². The Labute approximate surface area is 266 Å². The van der Waals surface area contributed by atoms with E-state index in [9.17, 15) is 13.4 Å². The van der Waals surface area contributed by atoms with Crippen molar-refractivity contribution in [1.82, 2.24) is 19.2 Å². The summed E-state index contributed by atoms with van der Waals surface area (Å²) >= 11 is 5.89. The van der Waals surface area contributed by atoms with Gasteiger partial charge in [0.1, 0.15) is 16.8 Å². The van der Waals surface area contributed by atoms with E-state index in [2.05, 4.69) is 41.5 Å². The maximum absolute atomic E-state index is 14.1. The van der Waals surface area contributed by atoms with Crippen molar-refractivity contribution in [2.24, 2.45) is 5.92 Å². The van der Waals surface area contributed by atoms with Gasteiger partial charge in [0, 0.05) is 44.5 Å². The lowest BCUT2D eigenvalue weighted by Gasteiger charge is -2.38. The largest absolute Gasteiger partial charge is 0.371 e. The first-order chi connectivity index (χ1) is 21.4. The molecule has 1 unspecified atom stereocenters.